The van der Waals surface area contributed by atoms with E-state index in [9.17, 15) is 0 Å². The zero-order chi connectivity index (χ0) is 18.6. The molecule has 1 fully saturated rings. The van der Waals surface area contributed by atoms with E-state index in [2.05, 4.69) is 56.6 Å². The minimum absolute atomic E-state index is 0.481. The SMILES string of the molecule is C[C@H]1CCCC[C@H]1NC(=S)Nc1cccc(-c2nnc3n2CCCCC3)c1. The summed E-state index contributed by atoms with van der Waals surface area (Å²) in [4.78, 5) is 0. The minimum atomic E-state index is 0.481. The molecule has 1 aliphatic carbocycles. The molecule has 0 saturated heterocycles. The summed E-state index contributed by atoms with van der Waals surface area (Å²) in [5.74, 6) is 2.76. The number of aryl methyl sites for hydroxylation is 1. The topological polar surface area (TPSA) is 54.8 Å². The van der Waals surface area contributed by atoms with E-state index in [1.54, 1.807) is 0 Å². The maximum absolute atomic E-state index is 5.57. The number of benzene rings is 1. The second-order valence-corrected chi connectivity index (χ2v) is 8.36. The van der Waals surface area contributed by atoms with E-state index in [1.165, 1.54) is 44.9 Å². The first-order chi connectivity index (χ1) is 13.2. The van der Waals surface area contributed by atoms with Crippen LogP contribution >= 0.6 is 12.2 Å². The Balaban J connectivity index is 1.46. The standard InChI is InChI=1S/C21H29N5S/c1-15-8-4-5-11-18(15)23-21(27)22-17-10-7-9-16(14-17)20-25-24-19-12-3-2-6-13-26(19)20/h7,9-10,14-15,18H,2-6,8,11-13H2,1H3,(H2,22,23,27)/t15-,18+/m0/s1. The Hall–Kier alpha value is -1.95. The summed E-state index contributed by atoms with van der Waals surface area (Å²) in [7, 11) is 0. The van der Waals surface area contributed by atoms with E-state index >= 15 is 0 Å². The van der Waals surface area contributed by atoms with Gasteiger partial charge in [0.15, 0.2) is 10.9 Å². The van der Waals surface area contributed by atoms with Crippen molar-refractivity contribution in [3.63, 3.8) is 0 Å². The maximum atomic E-state index is 5.57. The number of hydrogen-bond donors (Lipinski definition) is 2. The van der Waals surface area contributed by atoms with Crippen LogP contribution in [-0.2, 0) is 13.0 Å². The summed E-state index contributed by atoms with van der Waals surface area (Å²) in [6.45, 7) is 3.33. The van der Waals surface area contributed by atoms with Gasteiger partial charge in [0.1, 0.15) is 5.82 Å². The Morgan fingerprint density at radius 3 is 2.89 bits per heavy atom. The third kappa shape index (κ3) is 4.32. The van der Waals surface area contributed by atoms with Crippen molar-refractivity contribution in [3.8, 4) is 11.4 Å². The first-order valence-electron chi connectivity index (χ1n) is 10.3. The Morgan fingerprint density at radius 1 is 1.11 bits per heavy atom. The fourth-order valence-corrected chi connectivity index (χ4v) is 4.57. The molecule has 144 valence electrons. The lowest BCUT2D eigenvalue weighted by molar-refractivity contribution is 0.309. The molecule has 1 aromatic carbocycles. The lowest BCUT2D eigenvalue weighted by Crippen LogP contribution is -2.43. The largest absolute Gasteiger partial charge is 0.359 e. The Labute approximate surface area is 167 Å². The fraction of sp³-hybridized carbons (Fsp3) is 0.571. The second kappa shape index (κ2) is 8.38. The molecule has 6 heteroatoms. The molecule has 4 rings (SSSR count). The average Bonchev–Trinajstić information content (AvgIpc) is 2.92. The number of fused-ring (bicyclic) bond motifs is 1. The Bertz CT molecular complexity index is 800. The molecule has 0 amide bonds. The predicted octanol–water partition coefficient (Wildman–Crippen LogP) is 4.54. The summed E-state index contributed by atoms with van der Waals surface area (Å²) < 4.78 is 2.28. The number of nitrogens with zero attached hydrogens (tertiary/aromatic N) is 3. The van der Waals surface area contributed by atoms with Gasteiger partial charge in [-0.2, -0.15) is 0 Å². The van der Waals surface area contributed by atoms with E-state index < -0.39 is 0 Å². The minimum Gasteiger partial charge on any atom is -0.359 e. The van der Waals surface area contributed by atoms with Gasteiger partial charge < -0.3 is 15.2 Å². The van der Waals surface area contributed by atoms with Gasteiger partial charge in [-0.25, -0.2) is 0 Å². The van der Waals surface area contributed by atoms with Gasteiger partial charge in [0.2, 0.25) is 0 Å². The van der Waals surface area contributed by atoms with Crippen molar-refractivity contribution in [2.75, 3.05) is 5.32 Å². The van der Waals surface area contributed by atoms with Gasteiger partial charge in [0.25, 0.3) is 0 Å². The molecule has 1 aromatic heterocycles. The number of aromatic nitrogens is 3. The van der Waals surface area contributed by atoms with Crippen LogP contribution in [0.15, 0.2) is 24.3 Å². The van der Waals surface area contributed by atoms with E-state index in [0.29, 0.717) is 17.1 Å². The molecule has 2 N–H and O–H groups in total. The number of thiocarbonyl (C=S) groups is 1. The summed E-state index contributed by atoms with van der Waals surface area (Å²) in [5, 5.41) is 16.5. The average molecular weight is 384 g/mol. The Morgan fingerprint density at radius 2 is 2.00 bits per heavy atom. The molecule has 2 aromatic rings. The van der Waals surface area contributed by atoms with Crippen molar-refractivity contribution in [1.29, 1.82) is 0 Å². The summed E-state index contributed by atoms with van der Waals surface area (Å²) >= 11 is 5.57. The van der Waals surface area contributed by atoms with Gasteiger partial charge in [0, 0.05) is 30.3 Å². The molecular weight excluding hydrogens is 354 g/mol. The van der Waals surface area contributed by atoms with Gasteiger partial charge in [-0.1, -0.05) is 38.3 Å². The van der Waals surface area contributed by atoms with Gasteiger partial charge >= 0.3 is 0 Å². The number of nitrogens with one attached hydrogen (secondary N) is 2. The lowest BCUT2D eigenvalue weighted by Gasteiger charge is -2.30. The third-order valence-corrected chi connectivity index (χ3v) is 6.14. The zero-order valence-corrected chi connectivity index (χ0v) is 16.9. The molecule has 0 radical (unpaired) electrons. The molecule has 0 unspecified atom stereocenters. The van der Waals surface area contributed by atoms with Gasteiger partial charge in [-0.05, 0) is 56.0 Å². The van der Waals surface area contributed by atoms with Crippen LogP contribution in [-0.4, -0.2) is 25.9 Å². The van der Waals surface area contributed by atoms with Crippen molar-refractivity contribution >= 4 is 23.0 Å². The monoisotopic (exact) mass is 383 g/mol. The highest BCUT2D eigenvalue weighted by Crippen LogP contribution is 2.26. The molecule has 2 atom stereocenters. The van der Waals surface area contributed by atoms with E-state index in [4.69, 9.17) is 12.2 Å². The highest BCUT2D eigenvalue weighted by atomic mass is 32.1. The Kier molecular flexibility index (Phi) is 5.72. The van der Waals surface area contributed by atoms with Crippen molar-refractivity contribution in [2.45, 2.75) is 70.9 Å². The van der Waals surface area contributed by atoms with Crippen molar-refractivity contribution in [1.82, 2.24) is 20.1 Å². The highest BCUT2D eigenvalue weighted by Gasteiger charge is 2.22. The first-order valence-corrected chi connectivity index (χ1v) is 10.7. The van der Waals surface area contributed by atoms with Gasteiger partial charge in [-0.15, -0.1) is 10.2 Å². The fourth-order valence-electron chi connectivity index (χ4n) is 4.30. The number of anilines is 1. The van der Waals surface area contributed by atoms with Crippen LogP contribution in [0.3, 0.4) is 0 Å². The normalized spacial score (nSPS) is 22.6. The number of rotatable bonds is 3. The third-order valence-electron chi connectivity index (χ3n) is 5.92. The zero-order valence-electron chi connectivity index (χ0n) is 16.1. The van der Waals surface area contributed by atoms with Crippen molar-refractivity contribution in [2.24, 2.45) is 5.92 Å². The summed E-state index contributed by atoms with van der Waals surface area (Å²) in [5.41, 5.74) is 2.09. The molecule has 1 saturated carbocycles. The highest BCUT2D eigenvalue weighted by molar-refractivity contribution is 7.80. The van der Waals surface area contributed by atoms with E-state index in [-0.39, 0.29) is 0 Å². The van der Waals surface area contributed by atoms with Crippen LogP contribution in [0.4, 0.5) is 5.69 Å². The molecular formula is C21H29N5S. The second-order valence-electron chi connectivity index (χ2n) is 7.95. The van der Waals surface area contributed by atoms with Crippen molar-refractivity contribution < 1.29 is 0 Å². The van der Waals surface area contributed by atoms with Gasteiger partial charge in [0.05, 0.1) is 0 Å². The van der Waals surface area contributed by atoms with Crippen LogP contribution in [0.25, 0.3) is 11.4 Å². The number of hydrogen-bond acceptors (Lipinski definition) is 3. The van der Waals surface area contributed by atoms with E-state index in [0.717, 1.165) is 35.9 Å². The quantitative estimate of drug-likeness (QED) is 0.762. The van der Waals surface area contributed by atoms with Crippen LogP contribution in [0.2, 0.25) is 0 Å². The maximum Gasteiger partial charge on any atom is 0.171 e. The molecule has 5 nitrogen and oxygen atoms in total. The lowest BCUT2D eigenvalue weighted by atomic mass is 9.86. The summed E-state index contributed by atoms with van der Waals surface area (Å²) in [6.07, 6.45) is 9.82. The van der Waals surface area contributed by atoms with Crippen LogP contribution in [0.1, 0.15) is 57.7 Å². The predicted molar refractivity (Wildman–Crippen MR) is 114 cm³/mol. The smallest absolute Gasteiger partial charge is 0.171 e. The van der Waals surface area contributed by atoms with Crippen LogP contribution < -0.4 is 10.6 Å². The molecule has 2 aliphatic rings. The molecule has 0 bridgehead atoms. The van der Waals surface area contributed by atoms with E-state index in [1.807, 2.05) is 0 Å². The molecule has 1 aliphatic heterocycles. The molecule has 27 heavy (non-hydrogen) atoms. The van der Waals surface area contributed by atoms with Crippen LogP contribution in [0, 0.1) is 5.92 Å². The van der Waals surface area contributed by atoms with Gasteiger partial charge in [-0.3, -0.25) is 0 Å². The first kappa shape index (κ1) is 18.4. The van der Waals surface area contributed by atoms with Crippen LogP contribution in [0.5, 0.6) is 0 Å². The molecule has 0 spiro atoms. The molecule has 2 heterocycles. The van der Waals surface area contributed by atoms with Crippen molar-refractivity contribution in [3.05, 3.63) is 30.1 Å². The summed E-state index contributed by atoms with van der Waals surface area (Å²) in [6, 6.07) is 8.82.